The minimum absolute atomic E-state index is 0.119. The quantitative estimate of drug-likeness (QED) is 0.806. The molecule has 1 aromatic heterocycles. The summed E-state index contributed by atoms with van der Waals surface area (Å²) in [5, 5.41) is 3.45. The van der Waals surface area contributed by atoms with Crippen molar-refractivity contribution in [3.63, 3.8) is 0 Å². The van der Waals surface area contributed by atoms with Gasteiger partial charge in [-0.2, -0.15) is 0 Å². The van der Waals surface area contributed by atoms with Crippen molar-refractivity contribution in [2.45, 2.75) is 12.3 Å². The van der Waals surface area contributed by atoms with Crippen LogP contribution in [0.25, 0.3) is 0 Å². The molecule has 0 spiro atoms. The van der Waals surface area contributed by atoms with Crippen molar-refractivity contribution in [3.8, 4) is 0 Å². The number of rotatable bonds is 2. The average molecular weight is 357 g/mol. The first kappa shape index (κ1) is 15.6. The molecule has 4 nitrogen and oxygen atoms in total. The van der Waals surface area contributed by atoms with Gasteiger partial charge >= 0.3 is 6.03 Å². The van der Waals surface area contributed by atoms with Gasteiger partial charge in [-0.1, -0.05) is 29.3 Å². The zero-order valence-corrected chi connectivity index (χ0v) is 14.1. The van der Waals surface area contributed by atoms with Crippen LogP contribution in [-0.2, 0) is 0 Å². The SMILES string of the molecule is Cc1ccc([C@@H]2SCCN2C(=O)Nc2cccc(Cl)c2Cl)o1. The molecule has 1 saturated heterocycles. The van der Waals surface area contributed by atoms with E-state index in [0.29, 0.717) is 22.3 Å². The highest BCUT2D eigenvalue weighted by molar-refractivity contribution is 7.99. The standard InChI is InChI=1S/C15H14Cl2N2O2S/c1-9-5-6-12(21-9)14-19(7-8-22-14)15(20)18-11-4-2-3-10(16)13(11)17/h2-6,14H,7-8H2,1H3,(H,18,20)/t14-/m0/s1. The van der Waals surface area contributed by atoms with Gasteiger partial charge in [0.2, 0.25) is 0 Å². The molecule has 0 saturated carbocycles. The van der Waals surface area contributed by atoms with E-state index in [1.54, 1.807) is 34.9 Å². The second-order valence-corrected chi connectivity index (χ2v) is 6.87. The van der Waals surface area contributed by atoms with Crippen LogP contribution in [0.1, 0.15) is 16.9 Å². The Labute approximate surface area is 142 Å². The Kier molecular flexibility index (Phi) is 4.57. The number of benzene rings is 1. The van der Waals surface area contributed by atoms with Gasteiger partial charge in [0, 0.05) is 12.3 Å². The van der Waals surface area contributed by atoms with Crippen LogP contribution in [-0.4, -0.2) is 23.2 Å². The summed E-state index contributed by atoms with van der Waals surface area (Å²) in [5.74, 6) is 2.48. The van der Waals surface area contributed by atoms with E-state index in [2.05, 4.69) is 5.32 Å². The zero-order valence-electron chi connectivity index (χ0n) is 11.8. The second kappa shape index (κ2) is 6.44. The molecule has 1 aliphatic heterocycles. The molecular weight excluding hydrogens is 343 g/mol. The lowest BCUT2D eigenvalue weighted by molar-refractivity contribution is 0.209. The first-order valence-electron chi connectivity index (χ1n) is 6.76. The fourth-order valence-corrected chi connectivity index (χ4v) is 3.83. The number of anilines is 1. The Morgan fingerprint density at radius 3 is 2.91 bits per heavy atom. The first-order chi connectivity index (χ1) is 10.6. The molecule has 0 bridgehead atoms. The van der Waals surface area contributed by atoms with Gasteiger partial charge in [0.1, 0.15) is 16.9 Å². The van der Waals surface area contributed by atoms with Crippen molar-refractivity contribution in [1.82, 2.24) is 4.90 Å². The number of urea groups is 1. The number of amides is 2. The van der Waals surface area contributed by atoms with Crippen molar-refractivity contribution < 1.29 is 9.21 Å². The predicted octanol–water partition coefficient (Wildman–Crippen LogP) is 5.17. The normalized spacial score (nSPS) is 17.8. The Morgan fingerprint density at radius 2 is 2.18 bits per heavy atom. The maximum absolute atomic E-state index is 12.5. The van der Waals surface area contributed by atoms with E-state index in [1.807, 2.05) is 19.1 Å². The number of nitrogens with one attached hydrogen (secondary N) is 1. The van der Waals surface area contributed by atoms with Gasteiger partial charge < -0.3 is 14.6 Å². The number of nitrogens with zero attached hydrogens (tertiary/aromatic N) is 1. The summed E-state index contributed by atoms with van der Waals surface area (Å²) in [6.07, 6.45) is 0. The molecule has 0 aliphatic carbocycles. The number of halogens is 2. The summed E-state index contributed by atoms with van der Waals surface area (Å²) < 4.78 is 5.65. The minimum atomic E-state index is -0.215. The zero-order chi connectivity index (χ0) is 15.7. The summed E-state index contributed by atoms with van der Waals surface area (Å²) in [6, 6.07) is 8.74. The molecule has 22 heavy (non-hydrogen) atoms. The van der Waals surface area contributed by atoms with E-state index < -0.39 is 0 Å². The van der Waals surface area contributed by atoms with Gasteiger partial charge in [-0.05, 0) is 31.2 Å². The molecular formula is C15H14Cl2N2O2S. The molecule has 0 radical (unpaired) electrons. The average Bonchev–Trinajstić information content (AvgIpc) is 3.12. The van der Waals surface area contributed by atoms with Crippen molar-refractivity contribution in [2.75, 3.05) is 17.6 Å². The Hall–Kier alpha value is -1.30. The van der Waals surface area contributed by atoms with Crippen LogP contribution < -0.4 is 5.32 Å². The first-order valence-corrected chi connectivity index (χ1v) is 8.56. The molecule has 1 aliphatic rings. The van der Waals surface area contributed by atoms with Crippen molar-refractivity contribution in [2.24, 2.45) is 0 Å². The topological polar surface area (TPSA) is 45.5 Å². The number of thioether (sulfide) groups is 1. The number of hydrogen-bond acceptors (Lipinski definition) is 3. The third-order valence-corrected chi connectivity index (χ3v) is 5.39. The molecule has 1 N–H and O–H groups in total. The molecule has 2 amide bonds. The van der Waals surface area contributed by atoms with E-state index in [-0.39, 0.29) is 11.4 Å². The van der Waals surface area contributed by atoms with Crippen LogP contribution in [0.2, 0.25) is 10.0 Å². The van der Waals surface area contributed by atoms with E-state index in [9.17, 15) is 4.79 Å². The van der Waals surface area contributed by atoms with Crippen LogP contribution >= 0.6 is 35.0 Å². The summed E-state index contributed by atoms with van der Waals surface area (Å²) >= 11 is 13.8. The lowest BCUT2D eigenvalue weighted by Gasteiger charge is -2.23. The van der Waals surface area contributed by atoms with Gasteiger partial charge in [0.15, 0.2) is 0 Å². The Morgan fingerprint density at radius 1 is 1.36 bits per heavy atom. The van der Waals surface area contributed by atoms with Crippen molar-refractivity contribution in [3.05, 3.63) is 51.9 Å². The molecule has 2 aromatic rings. The Balaban J connectivity index is 1.78. The van der Waals surface area contributed by atoms with Gasteiger partial charge in [-0.25, -0.2) is 4.79 Å². The van der Waals surface area contributed by atoms with Crippen LogP contribution in [0, 0.1) is 6.92 Å². The monoisotopic (exact) mass is 356 g/mol. The van der Waals surface area contributed by atoms with E-state index in [4.69, 9.17) is 27.6 Å². The van der Waals surface area contributed by atoms with Crippen LogP contribution in [0.3, 0.4) is 0 Å². The molecule has 1 atom stereocenters. The summed E-state index contributed by atoms with van der Waals surface area (Å²) in [6.45, 7) is 2.54. The summed E-state index contributed by atoms with van der Waals surface area (Å²) in [4.78, 5) is 14.3. The highest BCUT2D eigenvalue weighted by atomic mass is 35.5. The Bertz CT molecular complexity index is 705. The largest absolute Gasteiger partial charge is 0.463 e. The summed E-state index contributed by atoms with van der Waals surface area (Å²) in [5.41, 5.74) is 0.505. The van der Waals surface area contributed by atoms with Gasteiger partial charge in [0.25, 0.3) is 0 Å². The molecule has 116 valence electrons. The lowest BCUT2D eigenvalue weighted by atomic mass is 10.3. The van der Waals surface area contributed by atoms with E-state index in [1.165, 1.54) is 0 Å². The van der Waals surface area contributed by atoms with E-state index in [0.717, 1.165) is 17.3 Å². The number of carbonyl (C=O) groups excluding carboxylic acids is 1. The summed E-state index contributed by atoms with van der Waals surface area (Å²) in [7, 11) is 0. The highest BCUT2D eigenvalue weighted by Crippen LogP contribution is 2.39. The second-order valence-electron chi connectivity index (χ2n) is 4.90. The predicted molar refractivity (Wildman–Crippen MR) is 90.8 cm³/mol. The lowest BCUT2D eigenvalue weighted by Crippen LogP contribution is -2.34. The van der Waals surface area contributed by atoms with E-state index >= 15 is 0 Å². The third kappa shape index (κ3) is 3.07. The minimum Gasteiger partial charge on any atom is -0.463 e. The third-order valence-electron chi connectivity index (χ3n) is 3.35. The molecule has 1 aromatic carbocycles. The maximum Gasteiger partial charge on any atom is 0.323 e. The maximum atomic E-state index is 12.5. The van der Waals surface area contributed by atoms with Crippen LogP contribution in [0.5, 0.6) is 0 Å². The number of carbonyl (C=O) groups is 1. The van der Waals surface area contributed by atoms with Gasteiger partial charge in [-0.15, -0.1) is 11.8 Å². The van der Waals surface area contributed by atoms with Crippen LogP contribution in [0.4, 0.5) is 10.5 Å². The highest BCUT2D eigenvalue weighted by Gasteiger charge is 2.33. The smallest absolute Gasteiger partial charge is 0.323 e. The van der Waals surface area contributed by atoms with Gasteiger partial charge in [-0.3, -0.25) is 0 Å². The molecule has 1 fully saturated rings. The van der Waals surface area contributed by atoms with Crippen LogP contribution in [0.15, 0.2) is 34.7 Å². The number of aryl methyl sites for hydroxylation is 1. The molecule has 3 rings (SSSR count). The molecule has 0 unspecified atom stereocenters. The fraction of sp³-hybridized carbons (Fsp3) is 0.267. The van der Waals surface area contributed by atoms with Crippen molar-refractivity contribution >= 4 is 46.7 Å². The number of furan rings is 1. The molecule has 7 heteroatoms. The van der Waals surface area contributed by atoms with Gasteiger partial charge in [0.05, 0.1) is 15.7 Å². The molecule has 2 heterocycles. The number of hydrogen-bond donors (Lipinski definition) is 1. The fourth-order valence-electron chi connectivity index (χ4n) is 2.29. The van der Waals surface area contributed by atoms with Crippen molar-refractivity contribution in [1.29, 1.82) is 0 Å².